The van der Waals surface area contributed by atoms with Crippen molar-refractivity contribution < 1.29 is 0 Å². The summed E-state index contributed by atoms with van der Waals surface area (Å²) in [5.41, 5.74) is 0.489. The summed E-state index contributed by atoms with van der Waals surface area (Å²) in [6.45, 7) is 5.84. The zero-order chi connectivity index (χ0) is 10.3. The van der Waals surface area contributed by atoms with Crippen LogP contribution in [0.2, 0.25) is 0 Å². The molecule has 0 aliphatic carbocycles. The molecule has 70 valence electrons. The van der Waals surface area contributed by atoms with Gasteiger partial charge in [-0.25, -0.2) is 0 Å². The van der Waals surface area contributed by atoms with E-state index < -0.39 is 0 Å². The van der Waals surface area contributed by atoms with E-state index in [0.29, 0.717) is 5.70 Å². The Bertz CT molecular complexity index is 252. The summed E-state index contributed by atoms with van der Waals surface area (Å²) >= 11 is 0. The molecule has 1 N–H and O–H groups in total. The van der Waals surface area contributed by atoms with Gasteiger partial charge in [0.05, 0.1) is 12.0 Å². The Balaban J connectivity index is 4.40. The van der Waals surface area contributed by atoms with Gasteiger partial charge in [0, 0.05) is 6.04 Å². The second-order valence-corrected chi connectivity index (χ2v) is 3.14. The van der Waals surface area contributed by atoms with Crippen molar-refractivity contribution in [2.45, 2.75) is 33.2 Å². The van der Waals surface area contributed by atoms with Crippen LogP contribution in [0, 0.1) is 28.6 Å². The fourth-order valence-corrected chi connectivity index (χ4v) is 0.876. The van der Waals surface area contributed by atoms with E-state index in [1.54, 1.807) is 6.08 Å². The van der Waals surface area contributed by atoms with Crippen LogP contribution < -0.4 is 5.32 Å². The molecule has 0 radical (unpaired) electrons. The minimum atomic E-state index is -0.166. The summed E-state index contributed by atoms with van der Waals surface area (Å²) in [5, 5.41) is 20.4. The molecular formula is C10H15N3. The molecular weight excluding hydrogens is 162 g/mol. The predicted molar refractivity (Wildman–Crippen MR) is 51.4 cm³/mol. The molecule has 1 unspecified atom stereocenters. The van der Waals surface area contributed by atoms with Crippen LogP contribution in [0.1, 0.15) is 27.2 Å². The van der Waals surface area contributed by atoms with E-state index in [1.165, 1.54) is 0 Å². The second-order valence-electron chi connectivity index (χ2n) is 3.14. The molecule has 13 heavy (non-hydrogen) atoms. The average Bonchev–Trinajstić information content (AvgIpc) is 2.11. The van der Waals surface area contributed by atoms with Crippen molar-refractivity contribution in [1.29, 1.82) is 10.5 Å². The highest BCUT2D eigenvalue weighted by molar-refractivity contribution is 5.22. The zero-order valence-electron chi connectivity index (χ0n) is 8.33. The quantitative estimate of drug-likeness (QED) is 0.667. The highest BCUT2D eigenvalue weighted by Crippen LogP contribution is 2.05. The first-order valence-corrected chi connectivity index (χ1v) is 4.42. The first-order valence-electron chi connectivity index (χ1n) is 4.42. The van der Waals surface area contributed by atoms with Crippen LogP contribution in [0.4, 0.5) is 0 Å². The molecule has 3 nitrogen and oxygen atoms in total. The van der Waals surface area contributed by atoms with Crippen LogP contribution in [0.3, 0.4) is 0 Å². The normalized spacial score (nSPS) is 13.2. The van der Waals surface area contributed by atoms with Gasteiger partial charge in [-0.2, -0.15) is 10.5 Å². The van der Waals surface area contributed by atoms with Crippen LogP contribution in [0.25, 0.3) is 0 Å². The number of allylic oxidation sites excluding steroid dienone is 2. The van der Waals surface area contributed by atoms with Gasteiger partial charge in [0.25, 0.3) is 0 Å². The summed E-state index contributed by atoms with van der Waals surface area (Å²) in [4.78, 5) is 0. The lowest BCUT2D eigenvalue weighted by Crippen LogP contribution is -2.21. The molecule has 0 rings (SSSR count). The van der Waals surface area contributed by atoms with E-state index in [0.717, 1.165) is 6.42 Å². The van der Waals surface area contributed by atoms with Crippen molar-refractivity contribution in [3.8, 4) is 12.1 Å². The lowest BCUT2D eigenvalue weighted by Gasteiger charge is -2.08. The van der Waals surface area contributed by atoms with Crippen LogP contribution in [0.15, 0.2) is 11.8 Å². The highest BCUT2D eigenvalue weighted by Gasteiger charge is 2.03. The maximum atomic E-state index is 8.72. The van der Waals surface area contributed by atoms with Gasteiger partial charge in [-0.1, -0.05) is 6.92 Å². The molecule has 1 atom stereocenters. The van der Waals surface area contributed by atoms with Crippen LogP contribution in [-0.4, -0.2) is 6.04 Å². The minimum absolute atomic E-state index is 0.166. The lowest BCUT2D eigenvalue weighted by molar-refractivity contribution is 0.670. The molecule has 0 aromatic rings. The molecule has 0 spiro atoms. The second kappa shape index (κ2) is 6.08. The van der Waals surface area contributed by atoms with E-state index in [1.807, 2.05) is 26.8 Å². The SMILES string of the molecule is CCC(C#N)/C=C(\C#N)NC(C)C. The van der Waals surface area contributed by atoms with Crippen LogP contribution in [-0.2, 0) is 0 Å². The van der Waals surface area contributed by atoms with Gasteiger partial charge in [0.1, 0.15) is 11.8 Å². The Labute approximate surface area is 79.7 Å². The first kappa shape index (κ1) is 11.5. The van der Waals surface area contributed by atoms with Gasteiger partial charge >= 0.3 is 0 Å². The molecule has 0 saturated heterocycles. The maximum absolute atomic E-state index is 8.72. The van der Waals surface area contributed by atoms with Gasteiger partial charge in [0.2, 0.25) is 0 Å². The average molecular weight is 177 g/mol. The highest BCUT2D eigenvalue weighted by atomic mass is 14.9. The van der Waals surface area contributed by atoms with Crippen LogP contribution in [0.5, 0.6) is 0 Å². The Hall–Kier alpha value is -1.48. The predicted octanol–water partition coefficient (Wildman–Crippen LogP) is 1.94. The third-order valence-corrected chi connectivity index (χ3v) is 1.54. The van der Waals surface area contributed by atoms with Gasteiger partial charge in [-0.15, -0.1) is 0 Å². The summed E-state index contributed by atoms with van der Waals surface area (Å²) in [6, 6.07) is 4.38. The van der Waals surface area contributed by atoms with E-state index in [-0.39, 0.29) is 12.0 Å². The van der Waals surface area contributed by atoms with Crippen molar-refractivity contribution in [1.82, 2.24) is 5.32 Å². The molecule has 0 heterocycles. The largest absolute Gasteiger partial charge is 0.375 e. The van der Waals surface area contributed by atoms with E-state index in [4.69, 9.17) is 10.5 Å². The zero-order valence-corrected chi connectivity index (χ0v) is 8.33. The van der Waals surface area contributed by atoms with Gasteiger partial charge in [-0.3, -0.25) is 0 Å². The lowest BCUT2D eigenvalue weighted by atomic mass is 10.1. The number of hydrogen-bond acceptors (Lipinski definition) is 3. The number of hydrogen-bond donors (Lipinski definition) is 1. The molecule has 0 fully saturated rings. The molecule has 0 aromatic carbocycles. The minimum Gasteiger partial charge on any atom is -0.375 e. The number of nitrogens with zero attached hydrogens (tertiary/aromatic N) is 2. The summed E-state index contributed by atoms with van der Waals surface area (Å²) < 4.78 is 0. The summed E-state index contributed by atoms with van der Waals surface area (Å²) in [7, 11) is 0. The fraction of sp³-hybridized carbons (Fsp3) is 0.600. The molecule has 0 bridgehead atoms. The third kappa shape index (κ3) is 4.87. The Morgan fingerprint density at radius 1 is 1.46 bits per heavy atom. The van der Waals surface area contributed by atoms with Crippen molar-refractivity contribution in [3.63, 3.8) is 0 Å². The monoisotopic (exact) mass is 177 g/mol. The Morgan fingerprint density at radius 3 is 2.38 bits per heavy atom. The smallest absolute Gasteiger partial charge is 0.117 e. The van der Waals surface area contributed by atoms with Crippen molar-refractivity contribution in [2.24, 2.45) is 5.92 Å². The van der Waals surface area contributed by atoms with Gasteiger partial charge in [0.15, 0.2) is 0 Å². The third-order valence-electron chi connectivity index (χ3n) is 1.54. The Morgan fingerprint density at radius 2 is 2.08 bits per heavy atom. The van der Waals surface area contributed by atoms with E-state index >= 15 is 0 Å². The number of nitrogens with one attached hydrogen (secondary N) is 1. The number of nitriles is 2. The van der Waals surface area contributed by atoms with E-state index in [9.17, 15) is 0 Å². The molecule has 0 amide bonds. The standard InChI is InChI=1S/C10H15N3/c1-4-9(6-11)5-10(7-12)13-8(2)3/h5,8-9,13H,4H2,1-3H3/b10-5+. The molecule has 0 aliphatic rings. The van der Waals surface area contributed by atoms with Crippen molar-refractivity contribution in [3.05, 3.63) is 11.8 Å². The number of rotatable bonds is 4. The maximum Gasteiger partial charge on any atom is 0.117 e. The molecule has 0 aromatic heterocycles. The van der Waals surface area contributed by atoms with E-state index in [2.05, 4.69) is 11.4 Å². The molecule has 3 heteroatoms. The summed E-state index contributed by atoms with van der Waals surface area (Å²) in [5.74, 6) is -0.166. The van der Waals surface area contributed by atoms with Crippen molar-refractivity contribution in [2.75, 3.05) is 0 Å². The molecule has 0 saturated carbocycles. The fourth-order valence-electron chi connectivity index (χ4n) is 0.876. The Kier molecular flexibility index (Phi) is 5.39. The van der Waals surface area contributed by atoms with Crippen LogP contribution >= 0.6 is 0 Å². The molecule has 0 aliphatic heterocycles. The summed E-state index contributed by atoms with van der Waals surface area (Å²) in [6.07, 6.45) is 2.42. The van der Waals surface area contributed by atoms with Gasteiger partial charge < -0.3 is 5.32 Å². The first-order chi connectivity index (χ1) is 6.13. The topological polar surface area (TPSA) is 59.6 Å². The van der Waals surface area contributed by atoms with Gasteiger partial charge in [-0.05, 0) is 26.3 Å². The van der Waals surface area contributed by atoms with Crippen molar-refractivity contribution >= 4 is 0 Å².